The largest absolute Gasteiger partial charge is 0.512 e. The maximum Gasteiger partial charge on any atom is 0.372 e. The summed E-state index contributed by atoms with van der Waals surface area (Å²) in [6.45, 7) is 0. The lowest BCUT2D eigenvalue weighted by Gasteiger charge is -2.19. The molecule has 0 unspecified atom stereocenters. The second-order valence-corrected chi connectivity index (χ2v) is 5.39. The molecule has 25 heavy (non-hydrogen) atoms. The molecular formula is C18H17NO6. The summed E-state index contributed by atoms with van der Waals surface area (Å²) in [6.07, 6.45) is 5.41. The Morgan fingerprint density at radius 2 is 1.76 bits per heavy atom. The van der Waals surface area contributed by atoms with Gasteiger partial charge in [0.1, 0.15) is 0 Å². The van der Waals surface area contributed by atoms with E-state index in [9.17, 15) is 19.5 Å². The Bertz CT molecular complexity index is 894. The summed E-state index contributed by atoms with van der Waals surface area (Å²) in [5.74, 6) is -3.40. The van der Waals surface area contributed by atoms with Crippen molar-refractivity contribution in [2.75, 3.05) is 0 Å². The molecule has 1 aromatic carbocycles. The molecule has 7 heteroatoms. The van der Waals surface area contributed by atoms with E-state index in [1.807, 2.05) is 24.4 Å². The summed E-state index contributed by atoms with van der Waals surface area (Å²) in [5.41, 5.74) is 2.26. The molecule has 7 nitrogen and oxygen atoms in total. The van der Waals surface area contributed by atoms with Crippen LogP contribution < -0.4 is 15.8 Å². The standard InChI is InChI=1S/C13H11NO.C5H6O5/c15-10-5-6-13-12(7-10)11-4-2-1-3-9(11)8-14-13;6-3(5(9)10)1-2-4(7)8/h1-6,8,14-15H,7H2;1-2H2,(H,7,8)(H,9,10). The van der Waals surface area contributed by atoms with Gasteiger partial charge < -0.3 is 20.6 Å². The SMILES string of the molecule is O=C(O)CCC(=O)C(=O)O.OC1=CC=C2NC=c3ccccc3=C2C1. The van der Waals surface area contributed by atoms with Crippen LogP contribution in [0, 0.1) is 0 Å². The molecule has 130 valence electrons. The van der Waals surface area contributed by atoms with Crippen molar-refractivity contribution in [1.82, 2.24) is 5.32 Å². The molecule has 0 spiro atoms. The van der Waals surface area contributed by atoms with Gasteiger partial charge in [-0.2, -0.15) is 0 Å². The van der Waals surface area contributed by atoms with E-state index < -0.39 is 30.6 Å². The van der Waals surface area contributed by atoms with E-state index in [4.69, 9.17) is 10.2 Å². The molecule has 0 fully saturated rings. The number of nitrogens with one attached hydrogen (secondary N) is 1. The number of aliphatic carboxylic acids is 2. The van der Waals surface area contributed by atoms with Crippen molar-refractivity contribution in [3.8, 4) is 0 Å². The highest BCUT2D eigenvalue weighted by Crippen LogP contribution is 2.21. The van der Waals surface area contributed by atoms with E-state index in [0.717, 1.165) is 5.70 Å². The van der Waals surface area contributed by atoms with E-state index in [-0.39, 0.29) is 0 Å². The summed E-state index contributed by atoms with van der Waals surface area (Å²) < 4.78 is 0. The van der Waals surface area contributed by atoms with Gasteiger partial charge in [0, 0.05) is 24.7 Å². The average Bonchev–Trinajstić information content (AvgIpc) is 2.60. The molecule has 0 saturated carbocycles. The Balaban J connectivity index is 0.000000199. The summed E-state index contributed by atoms with van der Waals surface area (Å²) in [4.78, 5) is 29.7. The number of ketones is 1. The molecule has 0 radical (unpaired) electrons. The molecule has 0 saturated heterocycles. The van der Waals surface area contributed by atoms with Gasteiger partial charge in [-0.1, -0.05) is 24.3 Å². The number of fused-ring (bicyclic) bond motifs is 2. The molecule has 4 N–H and O–H groups in total. The van der Waals surface area contributed by atoms with Crippen molar-refractivity contribution in [1.29, 1.82) is 0 Å². The molecule has 0 aromatic heterocycles. The number of carboxylic acid groups (broad SMARTS) is 2. The lowest BCUT2D eigenvalue weighted by atomic mass is 9.97. The Labute approximate surface area is 142 Å². The van der Waals surface area contributed by atoms with Gasteiger partial charge in [0.25, 0.3) is 0 Å². The van der Waals surface area contributed by atoms with Crippen LogP contribution in [0.3, 0.4) is 0 Å². The van der Waals surface area contributed by atoms with E-state index in [0.29, 0.717) is 12.2 Å². The van der Waals surface area contributed by atoms with Crippen LogP contribution in [0.1, 0.15) is 19.3 Å². The number of benzene rings is 1. The smallest absolute Gasteiger partial charge is 0.372 e. The topological polar surface area (TPSA) is 124 Å². The molecule has 1 aromatic rings. The number of carboxylic acids is 2. The molecule has 0 bridgehead atoms. The first-order chi connectivity index (χ1) is 11.9. The van der Waals surface area contributed by atoms with Crippen LogP contribution >= 0.6 is 0 Å². The van der Waals surface area contributed by atoms with Crippen molar-refractivity contribution in [2.24, 2.45) is 0 Å². The van der Waals surface area contributed by atoms with Crippen LogP contribution in [-0.2, 0) is 14.4 Å². The predicted octanol–water partition coefficient (Wildman–Crippen LogP) is 0.413. The minimum Gasteiger partial charge on any atom is -0.512 e. The molecule has 1 aliphatic heterocycles. The third-order valence-electron chi connectivity index (χ3n) is 3.60. The van der Waals surface area contributed by atoms with E-state index in [1.165, 1.54) is 16.0 Å². The highest BCUT2D eigenvalue weighted by Gasteiger charge is 2.14. The van der Waals surface area contributed by atoms with Crippen LogP contribution in [0.25, 0.3) is 11.8 Å². The van der Waals surface area contributed by atoms with Crippen LogP contribution in [0.5, 0.6) is 0 Å². The summed E-state index contributed by atoms with van der Waals surface area (Å²) >= 11 is 0. The fraction of sp³-hybridized carbons (Fsp3) is 0.167. The lowest BCUT2D eigenvalue weighted by Crippen LogP contribution is -2.35. The fourth-order valence-corrected chi connectivity index (χ4v) is 2.37. The third kappa shape index (κ3) is 4.81. The van der Waals surface area contributed by atoms with Crippen molar-refractivity contribution < 1.29 is 29.7 Å². The molecule has 2 aliphatic rings. The highest BCUT2D eigenvalue weighted by molar-refractivity contribution is 6.32. The molecule has 3 rings (SSSR count). The minimum atomic E-state index is -1.58. The highest BCUT2D eigenvalue weighted by atomic mass is 16.4. The molecule has 1 heterocycles. The third-order valence-corrected chi connectivity index (χ3v) is 3.60. The number of carbonyl (C=O) groups excluding carboxylic acids is 1. The van der Waals surface area contributed by atoms with Gasteiger partial charge >= 0.3 is 11.9 Å². The van der Waals surface area contributed by atoms with Crippen molar-refractivity contribution in [3.05, 3.63) is 58.3 Å². The number of hydrogen-bond donors (Lipinski definition) is 4. The first kappa shape index (κ1) is 18.0. The van der Waals surface area contributed by atoms with Gasteiger partial charge in [-0.15, -0.1) is 0 Å². The fourth-order valence-electron chi connectivity index (χ4n) is 2.37. The maximum absolute atomic E-state index is 10.2. The predicted molar refractivity (Wildman–Crippen MR) is 89.6 cm³/mol. The lowest BCUT2D eigenvalue weighted by molar-refractivity contribution is -0.149. The van der Waals surface area contributed by atoms with Gasteiger partial charge in [0.05, 0.1) is 12.2 Å². The number of hydrogen-bond acceptors (Lipinski definition) is 5. The molecule has 0 amide bonds. The number of aliphatic hydroxyl groups excluding tert-OH is 1. The summed E-state index contributed by atoms with van der Waals surface area (Å²) in [5, 5.41) is 31.1. The Hall–Kier alpha value is -3.35. The summed E-state index contributed by atoms with van der Waals surface area (Å²) in [6, 6.07) is 8.21. The van der Waals surface area contributed by atoms with Crippen LogP contribution in [0.15, 0.2) is 47.9 Å². The molecule has 0 atom stereocenters. The van der Waals surface area contributed by atoms with Crippen molar-refractivity contribution in [2.45, 2.75) is 19.3 Å². The number of rotatable bonds is 4. The Kier molecular flexibility index (Phi) is 5.73. The Morgan fingerprint density at radius 3 is 2.44 bits per heavy atom. The second kappa shape index (κ2) is 7.96. The quantitative estimate of drug-likeness (QED) is 0.584. The monoisotopic (exact) mass is 343 g/mol. The minimum absolute atomic E-state index is 0.423. The zero-order valence-corrected chi connectivity index (χ0v) is 13.2. The normalized spacial score (nSPS) is 14.2. The number of Topliss-reactive ketones (excluding diaryl/α,β-unsaturated/α-hetero) is 1. The van der Waals surface area contributed by atoms with E-state index >= 15 is 0 Å². The van der Waals surface area contributed by atoms with Crippen LogP contribution in [0.2, 0.25) is 0 Å². The molecular weight excluding hydrogens is 326 g/mol. The van der Waals surface area contributed by atoms with Gasteiger partial charge in [-0.25, -0.2) is 4.79 Å². The zero-order valence-electron chi connectivity index (χ0n) is 13.2. The van der Waals surface area contributed by atoms with E-state index in [1.54, 1.807) is 6.08 Å². The molecule has 1 aliphatic carbocycles. The van der Waals surface area contributed by atoms with Crippen LogP contribution in [0.4, 0.5) is 0 Å². The number of carbonyl (C=O) groups is 3. The first-order valence-corrected chi connectivity index (χ1v) is 7.51. The second-order valence-electron chi connectivity index (χ2n) is 5.39. The van der Waals surface area contributed by atoms with Gasteiger partial charge in [0.15, 0.2) is 0 Å². The number of aliphatic hydroxyl groups is 1. The zero-order chi connectivity index (χ0) is 18.4. The Morgan fingerprint density at radius 1 is 1.04 bits per heavy atom. The summed E-state index contributed by atoms with van der Waals surface area (Å²) in [7, 11) is 0. The van der Waals surface area contributed by atoms with Gasteiger partial charge in [0.2, 0.25) is 5.78 Å². The van der Waals surface area contributed by atoms with Gasteiger partial charge in [-0.3, -0.25) is 9.59 Å². The maximum atomic E-state index is 10.2. The van der Waals surface area contributed by atoms with Crippen molar-refractivity contribution in [3.63, 3.8) is 0 Å². The average molecular weight is 343 g/mol. The van der Waals surface area contributed by atoms with Gasteiger partial charge in [-0.05, 0) is 28.2 Å². The van der Waals surface area contributed by atoms with Crippen molar-refractivity contribution >= 4 is 29.5 Å². The van der Waals surface area contributed by atoms with E-state index in [2.05, 4.69) is 17.4 Å². The number of allylic oxidation sites excluding steroid dienone is 4. The first-order valence-electron chi connectivity index (χ1n) is 7.51. The van der Waals surface area contributed by atoms with Crippen LogP contribution in [-0.4, -0.2) is 33.0 Å².